The molecule has 1 atom stereocenters. The zero-order valence-corrected chi connectivity index (χ0v) is 12.7. The Morgan fingerprint density at radius 3 is 2.67 bits per heavy atom. The zero-order valence-electron chi connectivity index (χ0n) is 12.7. The third kappa shape index (κ3) is 3.06. The first-order valence-corrected chi connectivity index (χ1v) is 7.40. The van der Waals surface area contributed by atoms with Crippen LogP contribution in [0.4, 0.5) is 5.69 Å². The van der Waals surface area contributed by atoms with Crippen molar-refractivity contribution in [2.75, 3.05) is 11.4 Å². The quantitative estimate of drug-likeness (QED) is 0.933. The minimum atomic E-state index is -1.04. The molecule has 0 aliphatic carbocycles. The summed E-state index contributed by atoms with van der Waals surface area (Å²) < 4.78 is 5.67. The van der Waals surface area contributed by atoms with Crippen molar-refractivity contribution in [3.8, 4) is 11.8 Å². The number of carboxylic acids is 1. The molecule has 1 saturated heterocycles. The first-order valence-electron chi connectivity index (χ1n) is 7.40. The molecule has 0 saturated carbocycles. The van der Waals surface area contributed by atoms with Crippen LogP contribution in [0.25, 0.3) is 0 Å². The smallest absolute Gasteiger partial charge is 0.335 e. The van der Waals surface area contributed by atoms with Crippen LogP contribution < -0.4 is 9.64 Å². The van der Waals surface area contributed by atoms with Crippen molar-refractivity contribution in [2.45, 2.75) is 12.5 Å². The van der Waals surface area contributed by atoms with Crippen LogP contribution >= 0.6 is 0 Å². The van der Waals surface area contributed by atoms with Crippen LogP contribution in [0.1, 0.15) is 22.3 Å². The van der Waals surface area contributed by atoms with Crippen molar-refractivity contribution in [1.82, 2.24) is 0 Å². The minimum Gasteiger partial charge on any atom is -0.480 e. The second kappa shape index (κ2) is 6.42. The number of nitrogens with zero attached hydrogens (tertiary/aromatic N) is 2. The number of nitriles is 1. The lowest BCUT2D eigenvalue weighted by Crippen LogP contribution is -2.32. The van der Waals surface area contributed by atoms with Crippen LogP contribution in [0.2, 0.25) is 0 Å². The van der Waals surface area contributed by atoms with E-state index in [0.717, 1.165) is 0 Å². The molecule has 6 nitrogen and oxygen atoms in total. The normalized spacial score (nSPS) is 16.7. The lowest BCUT2D eigenvalue weighted by Gasteiger charge is -2.17. The maximum atomic E-state index is 12.5. The van der Waals surface area contributed by atoms with Gasteiger partial charge in [-0.05, 0) is 42.5 Å². The van der Waals surface area contributed by atoms with Crippen LogP contribution in [-0.2, 0) is 4.79 Å². The molecule has 1 fully saturated rings. The van der Waals surface area contributed by atoms with Crippen LogP contribution in [0.3, 0.4) is 0 Å². The van der Waals surface area contributed by atoms with Crippen molar-refractivity contribution in [1.29, 1.82) is 5.26 Å². The van der Waals surface area contributed by atoms with E-state index in [4.69, 9.17) is 15.1 Å². The number of anilines is 1. The Morgan fingerprint density at radius 1 is 1.25 bits per heavy atom. The highest BCUT2D eigenvalue weighted by atomic mass is 16.5. The number of ether oxygens (including phenoxy) is 1. The first kappa shape index (κ1) is 15.6. The summed E-state index contributed by atoms with van der Waals surface area (Å²) in [6.45, 7) is 0.508. The highest BCUT2D eigenvalue weighted by Gasteiger charge is 2.34. The third-order valence-corrected chi connectivity index (χ3v) is 3.82. The molecule has 1 aliphatic heterocycles. The van der Waals surface area contributed by atoms with E-state index in [1.807, 2.05) is 6.07 Å². The molecular weight excluding hydrogens is 308 g/mol. The number of hydrogen-bond donors (Lipinski definition) is 1. The summed E-state index contributed by atoms with van der Waals surface area (Å²) in [6.07, 6.45) is -0.138. The van der Waals surface area contributed by atoms with E-state index >= 15 is 0 Å². The number of carboxylic acid groups (broad SMARTS) is 1. The van der Waals surface area contributed by atoms with E-state index in [9.17, 15) is 9.59 Å². The van der Waals surface area contributed by atoms with E-state index in [0.29, 0.717) is 30.0 Å². The van der Waals surface area contributed by atoms with Gasteiger partial charge in [-0.25, -0.2) is 4.79 Å². The Hall–Kier alpha value is -3.33. The maximum absolute atomic E-state index is 12.5. The standard InChI is InChI=1S/C18H14N2O4/c19-11-12-4-6-14(7-5-12)20-9-8-16(17(20)21)24-15-3-1-2-13(10-15)18(22)23/h1-7,10,16H,8-9H2,(H,22,23). The molecule has 1 heterocycles. The summed E-state index contributed by atoms with van der Waals surface area (Å²) in [5.41, 5.74) is 1.36. The van der Waals surface area contributed by atoms with Gasteiger partial charge in [0.05, 0.1) is 17.2 Å². The number of rotatable bonds is 4. The van der Waals surface area contributed by atoms with Crippen LogP contribution in [0, 0.1) is 11.3 Å². The van der Waals surface area contributed by atoms with Crippen molar-refractivity contribution < 1.29 is 19.4 Å². The molecule has 2 aromatic rings. The summed E-state index contributed by atoms with van der Waals surface area (Å²) in [5, 5.41) is 17.8. The Labute approximate surface area is 138 Å². The van der Waals surface area contributed by atoms with Gasteiger partial charge in [0.2, 0.25) is 0 Å². The minimum absolute atomic E-state index is 0.113. The number of aromatic carboxylic acids is 1. The number of amides is 1. The molecule has 3 rings (SSSR count). The average Bonchev–Trinajstić information content (AvgIpc) is 2.96. The van der Waals surface area contributed by atoms with E-state index in [-0.39, 0.29) is 11.5 Å². The highest BCUT2D eigenvalue weighted by Crippen LogP contribution is 2.25. The second-order valence-corrected chi connectivity index (χ2v) is 5.38. The molecule has 0 aromatic heterocycles. The molecule has 1 N–H and O–H groups in total. The fraction of sp³-hybridized carbons (Fsp3) is 0.167. The molecule has 0 spiro atoms. The van der Waals surface area contributed by atoms with E-state index < -0.39 is 12.1 Å². The van der Waals surface area contributed by atoms with Crippen molar-refractivity contribution >= 4 is 17.6 Å². The fourth-order valence-corrected chi connectivity index (χ4v) is 2.60. The average molecular weight is 322 g/mol. The van der Waals surface area contributed by atoms with Crippen LogP contribution in [0.15, 0.2) is 48.5 Å². The van der Waals surface area contributed by atoms with Crippen molar-refractivity contribution in [3.63, 3.8) is 0 Å². The molecule has 0 bridgehead atoms. The lowest BCUT2D eigenvalue weighted by atomic mass is 10.2. The molecule has 120 valence electrons. The Kier molecular flexibility index (Phi) is 4.17. The van der Waals surface area contributed by atoms with Gasteiger partial charge >= 0.3 is 5.97 Å². The van der Waals surface area contributed by atoms with E-state index in [2.05, 4.69) is 0 Å². The van der Waals surface area contributed by atoms with Gasteiger partial charge < -0.3 is 14.7 Å². The van der Waals surface area contributed by atoms with Gasteiger partial charge in [0.25, 0.3) is 5.91 Å². The van der Waals surface area contributed by atoms with Crippen LogP contribution in [0.5, 0.6) is 5.75 Å². The second-order valence-electron chi connectivity index (χ2n) is 5.38. The predicted molar refractivity (Wildman–Crippen MR) is 85.9 cm³/mol. The number of carbonyl (C=O) groups is 2. The number of hydrogen-bond acceptors (Lipinski definition) is 4. The Bertz CT molecular complexity index is 824. The molecule has 1 amide bonds. The largest absolute Gasteiger partial charge is 0.480 e. The molecular formula is C18H14N2O4. The van der Waals surface area contributed by atoms with Crippen molar-refractivity contribution in [2.24, 2.45) is 0 Å². The number of benzene rings is 2. The van der Waals surface area contributed by atoms with Gasteiger partial charge in [-0.3, -0.25) is 4.79 Å². The van der Waals surface area contributed by atoms with E-state index in [1.54, 1.807) is 41.3 Å². The zero-order chi connectivity index (χ0) is 17.1. The molecule has 1 aliphatic rings. The van der Waals surface area contributed by atoms with Gasteiger partial charge in [0, 0.05) is 18.7 Å². The van der Waals surface area contributed by atoms with Gasteiger partial charge in [-0.15, -0.1) is 0 Å². The Balaban J connectivity index is 1.73. The van der Waals surface area contributed by atoms with Crippen LogP contribution in [-0.4, -0.2) is 29.6 Å². The van der Waals surface area contributed by atoms with Gasteiger partial charge in [0.15, 0.2) is 6.10 Å². The van der Waals surface area contributed by atoms with Gasteiger partial charge in [-0.1, -0.05) is 6.07 Å². The number of carbonyl (C=O) groups excluding carboxylic acids is 1. The Morgan fingerprint density at radius 2 is 2.00 bits per heavy atom. The lowest BCUT2D eigenvalue weighted by molar-refractivity contribution is -0.122. The topological polar surface area (TPSA) is 90.6 Å². The highest BCUT2D eigenvalue weighted by molar-refractivity contribution is 5.99. The SMILES string of the molecule is N#Cc1ccc(N2CCC(Oc3cccc(C(=O)O)c3)C2=O)cc1. The van der Waals surface area contributed by atoms with Crippen molar-refractivity contribution in [3.05, 3.63) is 59.7 Å². The first-order chi connectivity index (χ1) is 11.6. The van der Waals surface area contributed by atoms with Gasteiger partial charge in [0.1, 0.15) is 5.75 Å². The molecule has 2 aromatic carbocycles. The fourth-order valence-electron chi connectivity index (χ4n) is 2.60. The summed E-state index contributed by atoms with van der Waals surface area (Å²) in [7, 11) is 0. The van der Waals surface area contributed by atoms with E-state index in [1.165, 1.54) is 12.1 Å². The molecule has 1 unspecified atom stereocenters. The molecule has 6 heteroatoms. The monoisotopic (exact) mass is 322 g/mol. The predicted octanol–water partition coefficient (Wildman–Crippen LogP) is 2.44. The summed E-state index contributed by atoms with van der Waals surface area (Å²) >= 11 is 0. The summed E-state index contributed by atoms with van der Waals surface area (Å²) in [5.74, 6) is -0.868. The molecule has 24 heavy (non-hydrogen) atoms. The third-order valence-electron chi connectivity index (χ3n) is 3.82. The summed E-state index contributed by atoms with van der Waals surface area (Å²) in [6, 6.07) is 14.9. The van der Waals surface area contributed by atoms with Gasteiger partial charge in [-0.2, -0.15) is 5.26 Å². The maximum Gasteiger partial charge on any atom is 0.335 e. The molecule has 0 radical (unpaired) electrons. The summed E-state index contributed by atoms with van der Waals surface area (Å²) in [4.78, 5) is 25.1.